The zero-order valence-corrected chi connectivity index (χ0v) is 17.6. The van der Waals surface area contributed by atoms with E-state index in [1.807, 2.05) is 0 Å². The van der Waals surface area contributed by atoms with Gasteiger partial charge in [-0.1, -0.05) is 23.2 Å². The molecule has 4 rings (SSSR count). The van der Waals surface area contributed by atoms with Gasteiger partial charge in [0.2, 0.25) is 0 Å². The van der Waals surface area contributed by atoms with Crippen molar-refractivity contribution in [2.24, 2.45) is 0 Å². The number of aryl methyl sites for hydroxylation is 1. The molecule has 0 aliphatic carbocycles. The molecule has 0 unspecified atom stereocenters. The lowest BCUT2D eigenvalue weighted by molar-refractivity contribution is -0.143. The van der Waals surface area contributed by atoms with Crippen LogP contribution < -0.4 is 5.32 Å². The van der Waals surface area contributed by atoms with Crippen LogP contribution in [0.2, 0.25) is 10.0 Å². The average molecular weight is 482 g/mol. The number of hydrogen-bond donors (Lipinski definition) is 1. The molecule has 13 heteroatoms. The summed E-state index contributed by atoms with van der Waals surface area (Å²) in [6.07, 6.45) is 0.0619. The molecule has 0 saturated carbocycles. The number of carbonyl (C=O) groups is 1. The molecule has 0 radical (unpaired) electrons. The third kappa shape index (κ3) is 4.16. The molecule has 4 aromatic rings. The van der Waals surface area contributed by atoms with Crippen LogP contribution in [0.3, 0.4) is 0 Å². The Morgan fingerprint density at radius 1 is 1.06 bits per heavy atom. The van der Waals surface area contributed by atoms with Crippen molar-refractivity contribution in [1.29, 1.82) is 0 Å². The quantitative estimate of drug-likeness (QED) is 0.454. The van der Waals surface area contributed by atoms with Crippen molar-refractivity contribution in [3.05, 3.63) is 75.9 Å². The molecule has 164 valence electrons. The lowest BCUT2D eigenvalue weighted by atomic mass is 10.1. The molecule has 0 aliphatic heterocycles. The molecule has 1 amide bonds. The van der Waals surface area contributed by atoms with Crippen LogP contribution in [0, 0.1) is 6.92 Å². The zero-order chi connectivity index (χ0) is 23.0. The molecular formula is C19H12Cl2F3N7O. The molecule has 0 saturated heterocycles. The summed E-state index contributed by atoms with van der Waals surface area (Å²) >= 11 is 12.0. The third-order valence-electron chi connectivity index (χ3n) is 4.36. The Morgan fingerprint density at radius 2 is 1.78 bits per heavy atom. The number of hydrogen-bond acceptors (Lipinski definition) is 5. The predicted octanol–water partition coefficient (Wildman–Crippen LogP) is 4.73. The number of carbonyl (C=O) groups excluding carboxylic acids is 1. The highest BCUT2D eigenvalue weighted by molar-refractivity contribution is 6.32. The van der Waals surface area contributed by atoms with Gasteiger partial charge in [0, 0.05) is 5.02 Å². The van der Waals surface area contributed by atoms with Crippen molar-refractivity contribution in [2.75, 3.05) is 5.32 Å². The Labute approximate surface area is 188 Å². The Kier molecular flexibility index (Phi) is 5.61. The molecule has 8 nitrogen and oxygen atoms in total. The normalized spacial score (nSPS) is 11.6. The molecule has 3 heterocycles. The fourth-order valence-electron chi connectivity index (χ4n) is 3.00. The topological polar surface area (TPSA) is 90.5 Å². The second-order valence-corrected chi connectivity index (χ2v) is 7.39. The highest BCUT2D eigenvalue weighted by Crippen LogP contribution is 2.35. The summed E-state index contributed by atoms with van der Waals surface area (Å²) in [5.41, 5.74) is -1.21. The van der Waals surface area contributed by atoms with Gasteiger partial charge in [-0.05, 0) is 36.8 Å². The molecule has 1 aromatic carbocycles. The molecule has 32 heavy (non-hydrogen) atoms. The van der Waals surface area contributed by atoms with E-state index in [0.29, 0.717) is 15.3 Å². The van der Waals surface area contributed by atoms with E-state index >= 15 is 0 Å². The van der Waals surface area contributed by atoms with Gasteiger partial charge in [0.15, 0.2) is 11.5 Å². The molecule has 3 aromatic heterocycles. The van der Waals surface area contributed by atoms with Crippen LogP contribution in [-0.4, -0.2) is 35.7 Å². The number of aromatic nitrogens is 6. The first-order valence-electron chi connectivity index (χ1n) is 8.90. The number of halogens is 5. The van der Waals surface area contributed by atoms with E-state index in [2.05, 4.69) is 25.6 Å². The maximum atomic E-state index is 13.9. The van der Waals surface area contributed by atoms with Gasteiger partial charge in [-0.25, -0.2) is 9.67 Å². The average Bonchev–Trinajstić information content (AvgIpc) is 3.38. The first-order valence-corrected chi connectivity index (χ1v) is 9.66. The molecule has 0 fully saturated rings. The van der Waals surface area contributed by atoms with Gasteiger partial charge >= 0.3 is 6.18 Å². The summed E-state index contributed by atoms with van der Waals surface area (Å²) in [6.45, 7) is 1.59. The van der Waals surface area contributed by atoms with Crippen LogP contribution in [0.5, 0.6) is 0 Å². The largest absolute Gasteiger partial charge is 0.434 e. The number of pyridine rings is 1. The fraction of sp³-hybridized carbons (Fsp3) is 0.105. The smallest absolute Gasteiger partial charge is 0.320 e. The summed E-state index contributed by atoms with van der Waals surface area (Å²) in [5, 5.41) is 14.4. The molecule has 0 bridgehead atoms. The summed E-state index contributed by atoms with van der Waals surface area (Å²) in [7, 11) is 0. The SMILES string of the molecule is Cc1cc(Cl)ccc1-n1ncc(C(=O)Nc2cnc(-n3nccn3)c(Cl)c2)c1C(F)(F)F. The monoisotopic (exact) mass is 481 g/mol. The highest BCUT2D eigenvalue weighted by atomic mass is 35.5. The van der Waals surface area contributed by atoms with Crippen molar-refractivity contribution >= 4 is 34.8 Å². The van der Waals surface area contributed by atoms with E-state index in [1.54, 1.807) is 6.92 Å². The molecule has 1 N–H and O–H groups in total. The van der Waals surface area contributed by atoms with Gasteiger partial charge in [0.05, 0.1) is 46.7 Å². The summed E-state index contributed by atoms with van der Waals surface area (Å²) < 4.78 is 42.4. The lowest BCUT2D eigenvalue weighted by Crippen LogP contribution is -2.21. The van der Waals surface area contributed by atoms with Crippen LogP contribution in [0.15, 0.2) is 49.1 Å². The molecule has 0 atom stereocenters. The van der Waals surface area contributed by atoms with Crippen molar-refractivity contribution < 1.29 is 18.0 Å². The predicted molar refractivity (Wildman–Crippen MR) is 110 cm³/mol. The minimum absolute atomic E-state index is 0.0828. The van der Waals surface area contributed by atoms with Crippen LogP contribution in [0.4, 0.5) is 18.9 Å². The Hall–Kier alpha value is -3.44. The van der Waals surface area contributed by atoms with Gasteiger partial charge in [-0.15, -0.1) is 4.80 Å². The van der Waals surface area contributed by atoms with Gasteiger partial charge in [-0.3, -0.25) is 4.79 Å². The maximum absolute atomic E-state index is 13.9. The van der Waals surface area contributed by atoms with Crippen LogP contribution in [0.25, 0.3) is 11.5 Å². The van der Waals surface area contributed by atoms with Gasteiger partial charge < -0.3 is 5.32 Å². The van der Waals surface area contributed by atoms with E-state index in [9.17, 15) is 18.0 Å². The van der Waals surface area contributed by atoms with Crippen LogP contribution >= 0.6 is 23.2 Å². The maximum Gasteiger partial charge on any atom is 0.434 e. The first kappa shape index (κ1) is 21.8. The number of anilines is 1. The van der Waals surface area contributed by atoms with Crippen molar-refractivity contribution in [1.82, 2.24) is 29.8 Å². The summed E-state index contributed by atoms with van der Waals surface area (Å²) in [6, 6.07) is 5.66. The number of alkyl halides is 3. The van der Waals surface area contributed by atoms with Crippen molar-refractivity contribution in [2.45, 2.75) is 13.1 Å². The summed E-state index contributed by atoms with van der Waals surface area (Å²) in [5.74, 6) is -0.838. The minimum Gasteiger partial charge on any atom is -0.320 e. The zero-order valence-electron chi connectivity index (χ0n) is 16.1. The van der Waals surface area contributed by atoms with Gasteiger partial charge in [0.1, 0.15) is 0 Å². The molecule has 0 aliphatic rings. The van der Waals surface area contributed by atoms with Crippen molar-refractivity contribution in [3.8, 4) is 11.5 Å². The standard InChI is InChI=1S/C19H12Cl2F3N7O/c1-10-6-11(20)2-3-15(10)30-16(19(22,23)24)13(9-28-30)18(32)29-12-7-14(21)17(25-8-12)31-26-4-5-27-31/h2-9H,1H3,(H,29,32). The molecular weight excluding hydrogens is 470 g/mol. The van der Waals surface area contributed by atoms with E-state index < -0.39 is 23.3 Å². The summed E-state index contributed by atoms with van der Waals surface area (Å²) in [4.78, 5) is 17.9. The van der Waals surface area contributed by atoms with E-state index in [-0.39, 0.29) is 22.2 Å². The number of benzene rings is 1. The minimum atomic E-state index is -4.86. The fourth-order valence-corrected chi connectivity index (χ4v) is 3.46. The Balaban J connectivity index is 1.69. The lowest BCUT2D eigenvalue weighted by Gasteiger charge is -2.14. The Bertz CT molecular complexity index is 1300. The number of nitrogens with one attached hydrogen (secondary N) is 1. The second-order valence-electron chi connectivity index (χ2n) is 6.55. The van der Waals surface area contributed by atoms with Gasteiger partial charge in [0.25, 0.3) is 5.91 Å². The number of amides is 1. The Morgan fingerprint density at radius 3 is 2.41 bits per heavy atom. The van der Waals surface area contributed by atoms with Crippen molar-refractivity contribution in [3.63, 3.8) is 0 Å². The molecule has 0 spiro atoms. The van der Waals surface area contributed by atoms with E-state index in [1.165, 1.54) is 42.9 Å². The highest BCUT2D eigenvalue weighted by Gasteiger charge is 2.40. The van der Waals surface area contributed by atoms with Gasteiger partial charge in [-0.2, -0.15) is 28.5 Å². The van der Waals surface area contributed by atoms with Crippen LogP contribution in [0.1, 0.15) is 21.6 Å². The first-order chi connectivity index (χ1) is 15.1. The van der Waals surface area contributed by atoms with E-state index in [4.69, 9.17) is 23.2 Å². The number of rotatable bonds is 4. The number of nitrogens with zero attached hydrogens (tertiary/aromatic N) is 6. The van der Waals surface area contributed by atoms with Crippen LogP contribution in [-0.2, 0) is 6.18 Å². The second kappa shape index (κ2) is 8.24. The third-order valence-corrected chi connectivity index (χ3v) is 4.87. The van der Waals surface area contributed by atoms with E-state index in [0.717, 1.165) is 11.0 Å².